The van der Waals surface area contributed by atoms with Crippen molar-refractivity contribution < 1.29 is 9.90 Å². The van der Waals surface area contributed by atoms with Crippen molar-refractivity contribution in [3.8, 4) is 0 Å². The van der Waals surface area contributed by atoms with Crippen molar-refractivity contribution in [1.29, 1.82) is 0 Å². The van der Waals surface area contributed by atoms with Crippen LogP contribution in [-0.2, 0) is 17.8 Å². The zero-order valence-electron chi connectivity index (χ0n) is 12.4. The quantitative estimate of drug-likeness (QED) is 0.861. The first kappa shape index (κ1) is 15.0. The van der Waals surface area contributed by atoms with E-state index in [0.717, 1.165) is 25.2 Å². The van der Waals surface area contributed by atoms with Crippen molar-refractivity contribution in [2.45, 2.75) is 31.8 Å². The topological polar surface area (TPSA) is 43.8 Å². The van der Waals surface area contributed by atoms with Gasteiger partial charge in [0, 0.05) is 19.1 Å². The van der Waals surface area contributed by atoms with E-state index < -0.39 is 5.97 Å². The molecule has 1 heterocycles. The number of hydrogen-bond donors (Lipinski definition) is 1. The fraction of sp³-hybridized carbons (Fsp3) is 0.562. The lowest BCUT2D eigenvalue weighted by molar-refractivity contribution is -0.136. The maximum absolute atomic E-state index is 10.7. The monoisotopic (exact) mass is 276 g/mol. The summed E-state index contributed by atoms with van der Waals surface area (Å²) in [4.78, 5) is 15.4. The van der Waals surface area contributed by atoms with Gasteiger partial charge in [0.2, 0.25) is 0 Å². The van der Waals surface area contributed by atoms with E-state index in [9.17, 15) is 4.79 Å². The van der Waals surface area contributed by atoms with E-state index in [1.54, 1.807) is 0 Å². The molecule has 20 heavy (non-hydrogen) atoms. The minimum absolute atomic E-state index is 0.104. The third kappa shape index (κ3) is 4.32. The molecule has 1 aromatic carbocycles. The highest BCUT2D eigenvalue weighted by Gasteiger charge is 2.24. The summed E-state index contributed by atoms with van der Waals surface area (Å²) in [6.07, 6.45) is 2.65. The van der Waals surface area contributed by atoms with E-state index in [4.69, 9.17) is 5.11 Å². The molecule has 1 fully saturated rings. The van der Waals surface area contributed by atoms with Crippen LogP contribution in [0.5, 0.6) is 0 Å². The summed E-state index contributed by atoms with van der Waals surface area (Å²) >= 11 is 0. The molecule has 0 amide bonds. The van der Waals surface area contributed by atoms with Crippen LogP contribution >= 0.6 is 0 Å². The Balaban J connectivity index is 1.93. The zero-order valence-corrected chi connectivity index (χ0v) is 12.4. The Kier molecular flexibility index (Phi) is 5.15. The number of benzene rings is 1. The fourth-order valence-electron chi connectivity index (χ4n) is 2.90. The predicted octanol–water partition coefficient (Wildman–Crippen LogP) is 1.84. The average molecular weight is 276 g/mol. The van der Waals surface area contributed by atoms with Gasteiger partial charge in [0.25, 0.3) is 0 Å². The highest BCUT2D eigenvalue weighted by atomic mass is 16.4. The standard InChI is InChI=1S/C16H24N2O2/c1-17(2)12-15-4-3-9-18(15)11-14-7-5-13(6-8-14)10-16(19)20/h5-8,15H,3-4,9-12H2,1-2H3,(H,19,20). The number of likely N-dealkylation sites (N-methyl/N-ethyl adjacent to an activating group) is 1. The van der Waals surface area contributed by atoms with E-state index in [1.807, 2.05) is 12.1 Å². The zero-order chi connectivity index (χ0) is 14.5. The molecule has 1 atom stereocenters. The molecule has 1 unspecified atom stereocenters. The van der Waals surface area contributed by atoms with Gasteiger partial charge in [-0.15, -0.1) is 0 Å². The number of carboxylic acids is 1. The largest absolute Gasteiger partial charge is 0.481 e. The lowest BCUT2D eigenvalue weighted by Gasteiger charge is -2.27. The van der Waals surface area contributed by atoms with E-state index in [-0.39, 0.29) is 6.42 Å². The van der Waals surface area contributed by atoms with Crippen LogP contribution in [0.4, 0.5) is 0 Å². The first-order valence-electron chi connectivity index (χ1n) is 7.23. The fourth-order valence-corrected chi connectivity index (χ4v) is 2.90. The highest BCUT2D eigenvalue weighted by molar-refractivity contribution is 5.70. The Hall–Kier alpha value is -1.39. The summed E-state index contributed by atoms with van der Waals surface area (Å²) < 4.78 is 0. The van der Waals surface area contributed by atoms with Crippen LogP contribution in [-0.4, -0.2) is 54.1 Å². The van der Waals surface area contributed by atoms with Crippen LogP contribution in [0.1, 0.15) is 24.0 Å². The normalized spacial score (nSPS) is 19.6. The molecule has 1 aromatic rings. The van der Waals surface area contributed by atoms with Gasteiger partial charge in [-0.05, 0) is 44.6 Å². The van der Waals surface area contributed by atoms with Gasteiger partial charge >= 0.3 is 5.97 Å². The van der Waals surface area contributed by atoms with Crippen molar-refractivity contribution in [2.75, 3.05) is 27.2 Å². The second-order valence-corrected chi connectivity index (χ2v) is 5.92. The Morgan fingerprint density at radius 1 is 1.30 bits per heavy atom. The van der Waals surface area contributed by atoms with Crippen molar-refractivity contribution in [3.05, 3.63) is 35.4 Å². The van der Waals surface area contributed by atoms with Crippen LogP contribution < -0.4 is 0 Å². The van der Waals surface area contributed by atoms with Gasteiger partial charge in [-0.25, -0.2) is 0 Å². The van der Waals surface area contributed by atoms with Crippen LogP contribution in [0.2, 0.25) is 0 Å². The minimum atomic E-state index is -0.775. The third-order valence-electron chi connectivity index (χ3n) is 3.84. The van der Waals surface area contributed by atoms with E-state index in [1.165, 1.54) is 18.4 Å². The summed E-state index contributed by atoms with van der Waals surface area (Å²) in [5, 5.41) is 8.77. The van der Waals surface area contributed by atoms with Crippen LogP contribution in [0.15, 0.2) is 24.3 Å². The molecule has 0 spiro atoms. The number of aliphatic carboxylic acids is 1. The van der Waals surface area contributed by atoms with Crippen molar-refractivity contribution in [3.63, 3.8) is 0 Å². The van der Waals surface area contributed by atoms with E-state index in [2.05, 4.69) is 36.0 Å². The van der Waals surface area contributed by atoms with Gasteiger partial charge in [-0.1, -0.05) is 24.3 Å². The summed E-state index contributed by atoms with van der Waals surface area (Å²) in [6.45, 7) is 3.23. The van der Waals surface area contributed by atoms with Crippen molar-refractivity contribution in [2.24, 2.45) is 0 Å². The first-order chi connectivity index (χ1) is 9.54. The number of hydrogen-bond acceptors (Lipinski definition) is 3. The smallest absolute Gasteiger partial charge is 0.307 e. The Morgan fingerprint density at radius 2 is 1.95 bits per heavy atom. The molecule has 2 rings (SSSR count). The maximum atomic E-state index is 10.7. The lowest BCUT2D eigenvalue weighted by atomic mass is 10.1. The van der Waals surface area contributed by atoms with Gasteiger partial charge in [-0.3, -0.25) is 9.69 Å². The summed E-state index contributed by atoms with van der Waals surface area (Å²) in [5.74, 6) is -0.775. The second kappa shape index (κ2) is 6.86. The molecule has 1 aliphatic heterocycles. The van der Waals surface area contributed by atoms with Crippen molar-refractivity contribution >= 4 is 5.97 Å². The van der Waals surface area contributed by atoms with Gasteiger partial charge in [0.1, 0.15) is 0 Å². The second-order valence-electron chi connectivity index (χ2n) is 5.92. The molecule has 4 nitrogen and oxygen atoms in total. The maximum Gasteiger partial charge on any atom is 0.307 e. The van der Waals surface area contributed by atoms with E-state index >= 15 is 0 Å². The van der Waals surface area contributed by atoms with Crippen molar-refractivity contribution in [1.82, 2.24) is 9.80 Å². The summed E-state index contributed by atoms with van der Waals surface area (Å²) in [7, 11) is 4.24. The van der Waals surface area contributed by atoms with Gasteiger partial charge in [-0.2, -0.15) is 0 Å². The van der Waals surface area contributed by atoms with Crippen LogP contribution in [0.25, 0.3) is 0 Å². The molecule has 1 N–H and O–H groups in total. The molecule has 0 radical (unpaired) electrons. The molecule has 1 aliphatic rings. The number of rotatable bonds is 6. The molecule has 0 aliphatic carbocycles. The molecule has 4 heteroatoms. The van der Waals surface area contributed by atoms with E-state index in [0.29, 0.717) is 6.04 Å². The number of likely N-dealkylation sites (tertiary alicyclic amines) is 1. The molecular weight excluding hydrogens is 252 g/mol. The molecule has 110 valence electrons. The predicted molar refractivity (Wildman–Crippen MR) is 79.8 cm³/mol. The van der Waals surface area contributed by atoms with Gasteiger partial charge in [0.15, 0.2) is 0 Å². The summed E-state index contributed by atoms with van der Waals surface area (Å²) in [6, 6.07) is 8.62. The molecule has 0 saturated carbocycles. The van der Waals surface area contributed by atoms with Crippen LogP contribution in [0.3, 0.4) is 0 Å². The minimum Gasteiger partial charge on any atom is -0.481 e. The molecule has 0 bridgehead atoms. The highest BCUT2D eigenvalue weighted by Crippen LogP contribution is 2.20. The lowest BCUT2D eigenvalue weighted by Crippen LogP contribution is -2.37. The van der Waals surface area contributed by atoms with Gasteiger partial charge < -0.3 is 10.0 Å². The Bertz CT molecular complexity index is 442. The third-order valence-corrected chi connectivity index (χ3v) is 3.84. The SMILES string of the molecule is CN(C)CC1CCCN1Cc1ccc(CC(=O)O)cc1. The number of carbonyl (C=O) groups is 1. The Labute approximate surface area is 121 Å². The average Bonchev–Trinajstić information content (AvgIpc) is 2.78. The Morgan fingerprint density at radius 3 is 2.55 bits per heavy atom. The number of nitrogens with zero attached hydrogens (tertiary/aromatic N) is 2. The molecular formula is C16H24N2O2. The summed E-state index contributed by atoms with van der Waals surface area (Å²) in [5.41, 5.74) is 2.14. The van der Waals surface area contributed by atoms with Gasteiger partial charge in [0.05, 0.1) is 6.42 Å². The van der Waals surface area contributed by atoms with Crippen LogP contribution in [0, 0.1) is 0 Å². The number of carboxylic acid groups (broad SMARTS) is 1. The first-order valence-corrected chi connectivity index (χ1v) is 7.23. The molecule has 0 aromatic heterocycles. The molecule has 1 saturated heterocycles.